The SMILES string of the molecule is CC[C@@H](O)[C@H]1C[C@H](O)[C@@H](/C=C/[C@@H](O)C/C=C\C/C=C\C/C=C\CCC(=O)O)O1. The van der Waals surface area contributed by atoms with Crippen molar-refractivity contribution in [1.82, 2.24) is 0 Å². The van der Waals surface area contributed by atoms with Crippen LogP contribution in [0.2, 0.25) is 0 Å². The minimum absolute atomic E-state index is 0.160. The van der Waals surface area contributed by atoms with Crippen LogP contribution in [-0.4, -0.2) is 56.9 Å². The van der Waals surface area contributed by atoms with Crippen molar-refractivity contribution in [1.29, 1.82) is 0 Å². The summed E-state index contributed by atoms with van der Waals surface area (Å²) in [7, 11) is 0. The zero-order valence-electron chi connectivity index (χ0n) is 16.6. The topological polar surface area (TPSA) is 107 Å². The van der Waals surface area contributed by atoms with Crippen molar-refractivity contribution in [2.45, 2.75) is 82.4 Å². The number of aliphatic hydroxyl groups is 3. The van der Waals surface area contributed by atoms with Gasteiger partial charge in [-0.3, -0.25) is 4.79 Å². The van der Waals surface area contributed by atoms with Crippen molar-refractivity contribution in [2.24, 2.45) is 0 Å². The fraction of sp³-hybridized carbons (Fsp3) is 0.591. The number of rotatable bonds is 13. The summed E-state index contributed by atoms with van der Waals surface area (Å²) >= 11 is 0. The highest BCUT2D eigenvalue weighted by Crippen LogP contribution is 2.25. The molecule has 0 radical (unpaired) electrons. The van der Waals surface area contributed by atoms with E-state index in [9.17, 15) is 20.1 Å². The van der Waals surface area contributed by atoms with E-state index >= 15 is 0 Å². The highest BCUT2D eigenvalue weighted by atomic mass is 16.5. The predicted octanol–water partition coefficient (Wildman–Crippen LogP) is 2.90. The molecule has 0 aromatic rings. The minimum Gasteiger partial charge on any atom is -0.481 e. The predicted molar refractivity (Wildman–Crippen MR) is 109 cm³/mol. The Bertz CT molecular complexity index is 551. The number of aliphatic hydroxyl groups excluding tert-OH is 3. The molecule has 0 aliphatic carbocycles. The van der Waals surface area contributed by atoms with Gasteiger partial charge in [0, 0.05) is 12.8 Å². The van der Waals surface area contributed by atoms with Crippen molar-refractivity contribution in [2.75, 3.05) is 0 Å². The molecule has 1 saturated heterocycles. The molecule has 0 saturated carbocycles. The van der Waals surface area contributed by atoms with Gasteiger partial charge in [0.25, 0.3) is 0 Å². The number of ether oxygens (including phenoxy) is 1. The van der Waals surface area contributed by atoms with Crippen LogP contribution < -0.4 is 0 Å². The van der Waals surface area contributed by atoms with E-state index in [4.69, 9.17) is 9.84 Å². The van der Waals surface area contributed by atoms with E-state index in [-0.39, 0.29) is 12.5 Å². The van der Waals surface area contributed by atoms with Crippen LogP contribution in [0.4, 0.5) is 0 Å². The second-order valence-electron chi connectivity index (χ2n) is 6.92. The zero-order chi connectivity index (χ0) is 20.8. The Labute approximate surface area is 167 Å². The molecular weight excluding hydrogens is 360 g/mol. The fourth-order valence-electron chi connectivity index (χ4n) is 2.82. The van der Waals surface area contributed by atoms with E-state index in [2.05, 4.69) is 0 Å². The van der Waals surface area contributed by atoms with Gasteiger partial charge in [0.1, 0.15) is 6.10 Å². The van der Waals surface area contributed by atoms with Crippen LogP contribution >= 0.6 is 0 Å². The molecule has 0 bridgehead atoms. The van der Waals surface area contributed by atoms with Gasteiger partial charge in [-0.25, -0.2) is 0 Å². The van der Waals surface area contributed by atoms with Crippen molar-refractivity contribution in [3.8, 4) is 0 Å². The van der Waals surface area contributed by atoms with Gasteiger partial charge in [-0.05, 0) is 32.1 Å². The van der Waals surface area contributed by atoms with Gasteiger partial charge in [-0.15, -0.1) is 0 Å². The average Bonchev–Trinajstić information content (AvgIpc) is 3.04. The second-order valence-corrected chi connectivity index (χ2v) is 6.92. The molecule has 1 rings (SSSR count). The Morgan fingerprint density at radius 2 is 1.75 bits per heavy atom. The molecule has 1 heterocycles. The van der Waals surface area contributed by atoms with Crippen LogP contribution in [0.5, 0.6) is 0 Å². The Morgan fingerprint density at radius 3 is 2.39 bits per heavy atom. The van der Waals surface area contributed by atoms with Crippen LogP contribution in [0.25, 0.3) is 0 Å². The van der Waals surface area contributed by atoms with Gasteiger partial charge < -0.3 is 25.2 Å². The lowest BCUT2D eigenvalue weighted by Gasteiger charge is -2.16. The van der Waals surface area contributed by atoms with Gasteiger partial charge in [0.05, 0.1) is 24.4 Å². The zero-order valence-corrected chi connectivity index (χ0v) is 16.6. The monoisotopic (exact) mass is 394 g/mol. The smallest absolute Gasteiger partial charge is 0.303 e. The van der Waals surface area contributed by atoms with E-state index in [1.54, 1.807) is 12.2 Å². The van der Waals surface area contributed by atoms with Gasteiger partial charge in [0.15, 0.2) is 0 Å². The number of carboxylic acids is 1. The summed E-state index contributed by atoms with van der Waals surface area (Å²) in [4.78, 5) is 10.3. The highest BCUT2D eigenvalue weighted by molar-refractivity contribution is 5.66. The molecule has 0 spiro atoms. The van der Waals surface area contributed by atoms with Crippen molar-refractivity contribution < 1.29 is 30.0 Å². The van der Waals surface area contributed by atoms with Crippen LogP contribution in [0, 0.1) is 0 Å². The number of carbonyl (C=O) groups is 1. The molecule has 0 unspecified atom stereocenters. The Hall–Kier alpha value is -1.73. The third kappa shape index (κ3) is 10.6. The molecule has 0 aromatic carbocycles. The first kappa shape index (κ1) is 24.3. The first-order chi connectivity index (χ1) is 13.4. The summed E-state index contributed by atoms with van der Waals surface area (Å²) in [6.45, 7) is 1.87. The lowest BCUT2D eigenvalue weighted by atomic mass is 10.1. The van der Waals surface area contributed by atoms with Crippen LogP contribution in [-0.2, 0) is 9.53 Å². The standard InChI is InChI=1S/C22H34O6/c1-2-18(24)21-16-19(25)20(28-21)15-14-17(23)12-10-8-6-4-3-5-7-9-11-13-22(26)27/h3-4,7-10,14-15,17-21,23-25H,2,5-6,11-13,16H2,1H3,(H,26,27)/b4-3-,9-7-,10-8-,15-14+/t17-,18+,19-,20+,21+/m0/s1. The third-order valence-electron chi connectivity index (χ3n) is 4.50. The molecule has 158 valence electrons. The van der Waals surface area contributed by atoms with Crippen molar-refractivity contribution >= 4 is 5.97 Å². The minimum atomic E-state index is -0.784. The Kier molecular flexibility index (Phi) is 12.4. The van der Waals surface area contributed by atoms with Gasteiger partial charge in [-0.1, -0.05) is 55.5 Å². The molecule has 28 heavy (non-hydrogen) atoms. The van der Waals surface area contributed by atoms with E-state index in [0.29, 0.717) is 25.7 Å². The van der Waals surface area contributed by atoms with Crippen LogP contribution in [0.3, 0.4) is 0 Å². The maximum atomic E-state index is 10.3. The lowest BCUT2D eigenvalue weighted by molar-refractivity contribution is -0.136. The molecule has 1 aliphatic heterocycles. The molecule has 6 nitrogen and oxygen atoms in total. The molecule has 1 aliphatic rings. The maximum Gasteiger partial charge on any atom is 0.303 e. The van der Waals surface area contributed by atoms with Gasteiger partial charge in [0.2, 0.25) is 0 Å². The molecule has 0 aromatic heterocycles. The lowest BCUT2D eigenvalue weighted by Crippen LogP contribution is -2.25. The normalized spacial score (nSPS) is 25.5. The third-order valence-corrected chi connectivity index (χ3v) is 4.50. The van der Waals surface area contributed by atoms with E-state index in [1.165, 1.54) is 0 Å². The molecule has 0 amide bonds. The molecule has 1 fully saturated rings. The number of allylic oxidation sites excluding steroid dienone is 5. The van der Waals surface area contributed by atoms with Gasteiger partial charge in [-0.2, -0.15) is 0 Å². The summed E-state index contributed by atoms with van der Waals surface area (Å²) in [5, 5.41) is 38.3. The molecule has 5 atom stereocenters. The van der Waals surface area contributed by atoms with E-state index in [0.717, 1.165) is 12.8 Å². The Morgan fingerprint density at radius 1 is 1.11 bits per heavy atom. The first-order valence-electron chi connectivity index (χ1n) is 9.98. The van der Waals surface area contributed by atoms with E-state index in [1.807, 2.05) is 43.4 Å². The summed E-state index contributed by atoms with van der Waals surface area (Å²) in [5.74, 6) is -0.784. The summed E-state index contributed by atoms with van der Waals surface area (Å²) < 4.78 is 5.63. The second kappa shape index (κ2) is 14.3. The van der Waals surface area contributed by atoms with Crippen LogP contribution in [0.15, 0.2) is 48.6 Å². The number of hydrogen-bond acceptors (Lipinski definition) is 5. The number of hydrogen-bond donors (Lipinski definition) is 4. The largest absolute Gasteiger partial charge is 0.481 e. The van der Waals surface area contributed by atoms with Gasteiger partial charge >= 0.3 is 5.97 Å². The number of carboxylic acid groups (broad SMARTS) is 1. The maximum absolute atomic E-state index is 10.3. The quantitative estimate of drug-likeness (QED) is 0.358. The molecular formula is C22H34O6. The van der Waals surface area contributed by atoms with Crippen molar-refractivity contribution in [3.63, 3.8) is 0 Å². The summed E-state index contributed by atoms with van der Waals surface area (Å²) in [6.07, 6.45) is 16.0. The van der Waals surface area contributed by atoms with Crippen molar-refractivity contribution in [3.05, 3.63) is 48.6 Å². The highest BCUT2D eigenvalue weighted by Gasteiger charge is 2.35. The Balaban J connectivity index is 2.18. The van der Waals surface area contributed by atoms with Crippen LogP contribution in [0.1, 0.15) is 51.9 Å². The fourth-order valence-corrected chi connectivity index (χ4v) is 2.82. The summed E-state index contributed by atoms with van der Waals surface area (Å²) in [5.41, 5.74) is 0. The molecule has 4 N–H and O–H groups in total. The molecule has 6 heteroatoms. The first-order valence-corrected chi connectivity index (χ1v) is 9.98. The average molecular weight is 395 g/mol. The summed E-state index contributed by atoms with van der Waals surface area (Å²) in [6, 6.07) is 0. The van der Waals surface area contributed by atoms with E-state index < -0.39 is 30.4 Å². The number of aliphatic carboxylic acids is 1.